The molecule has 8 nitrogen and oxygen atoms in total. The number of halogens is 1. The predicted octanol–water partition coefficient (Wildman–Crippen LogP) is 1.65. The van der Waals surface area contributed by atoms with Gasteiger partial charge in [0.15, 0.2) is 6.61 Å². The largest absolute Gasteiger partial charge is 0.453 e. The number of carbonyl (C=O) groups excluding carboxylic acids is 2. The van der Waals surface area contributed by atoms with Crippen molar-refractivity contribution in [2.75, 3.05) is 12.3 Å². The summed E-state index contributed by atoms with van der Waals surface area (Å²) in [6.45, 7) is 3.36. The van der Waals surface area contributed by atoms with Crippen LogP contribution >= 0.6 is 27.3 Å². The third-order valence-electron chi connectivity index (χ3n) is 3.52. The third kappa shape index (κ3) is 4.13. The van der Waals surface area contributed by atoms with Gasteiger partial charge in [0.25, 0.3) is 5.56 Å². The maximum atomic E-state index is 12.4. The molecule has 0 saturated heterocycles. The first-order chi connectivity index (χ1) is 12.1. The number of nitrogens with zero attached hydrogens (tertiary/aromatic N) is 2. The van der Waals surface area contributed by atoms with Crippen LogP contribution < -0.4 is 17.0 Å². The first kappa shape index (κ1) is 20.1. The van der Waals surface area contributed by atoms with Gasteiger partial charge in [0.1, 0.15) is 16.3 Å². The normalized spacial score (nSPS) is 11.0. The zero-order valence-corrected chi connectivity index (χ0v) is 16.8. The average Bonchev–Trinajstić information content (AvgIpc) is 3.01. The Hall–Kier alpha value is -2.20. The molecule has 2 N–H and O–H groups in total. The van der Waals surface area contributed by atoms with Gasteiger partial charge in [0, 0.05) is 13.6 Å². The number of rotatable bonds is 6. The van der Waals surface area contributed by atoms with Gasteiger partial charge in [-0.3, -0.25) is 18.7 Å². The maximum absolute atomic E-state index is 12.4. The highest BCUT2D eigenvalue weighted by Gasteiger charge is 2.23. The van der Waals surface area contributed by atoms with Gasteiger partial charge >= 0.3 is 11.7 Å². The van der Waals surface area contributed by atoms with E-state index in [4.69, 9.17) is 10.5 Å². The number of ketones is 1. The van der Waals surface area contributed by atoms with Crippen molar-refractivity contribution in [3.8, 4) is 0 Å². The zero-order chi connectivity index (χ0) is 19.6. The van der Waals surface area contributed by atoms with E-state index in [2.05, 4.69) is 15.9 Å². The van der Waals surface area contributed by atoms with Crippen molar-refractivity contribution in [3.63, 3.8) is 0 Å². The Kier molecular flexibility index (Phi) is 6.19. The van der Waals surface area contributed by atoms with Crippen molar-refractivity contribution in [3.05, 3.63) is 47.2 Å². The van der Waals surface area contributed by atoms with Gasteiger partial charge in [0.2, 0.25) is 5.78 Å². The van der Waals surface area contributed by atoms with Crippen LogP contribution in [-0.2, 0) is 18.3 Å². The number of nitrogens with two attached hydrogens (primary N) is 1. The minimum Gasteiger partial charge on any atom is -0.453 e. The summed E-state index contributed by atoms with van der Waals surface area (Å²) in [5.74, 6) is -1.58. The molecule has 0 aliphatic rings. The number of ether oxygens (including phenoxy) is 1. The van der Waals surface area contributed by atoms with Gasteiger partial charge in [-0.2, -0.15) is 0 Å². The van der Waals surface area contributed by atoms with E-state index in [-0.39, 0.29) is 23.8 Å². The molecule has 0 aliphatic heterocycles. The van der Waals surface area contributed by atoms with Crippen LogP contribution in [0.3, 0.4) is 0 Å². The number of carbonyl (C=O) groups is 2. The fraction of sp³-hybridized carbons (Fsp3) is 0.375. The van der Waals surface area contributed by atoms with Crippen molar-refractivity contribution < 1.29 is 14.3 Å². The highest BCUT2D eigenvalue weighted by atomic mass is 79.9. The van der Waals surface area contributed by atoms with Crippen molar-refractivity contribution in [2.45, 2.75) is 20.4 Å². The maximum Gasteiger partial charge on any atom is 0.348 e. The Morgan fingerprint density at radius 2 is 1.96 bits per heavy atom. The Morgan fingerprint density at radius 1 is 1.31 bits per heavy atom. The van der Waals surface area contributed by atoms with Crippen LogP contribution in [0.15, 0.2) is 25.5 Å². The van der Waals surface area contributed by atoms with E-state index >= 15 is 0 Å². The minimum atomic E-state index is -0.813. The monoisotopic (exact) mass is 443 g/mol. The molecule has 0 aliphatic carbocycles. The highest BCUT2D eigenvalue weighted by Crippen LogP contribution is 2.22. The number of Topliss-reactive ketones (excluding diaryl/α,β-unsaturated/α-hetero) is 1. The molecule has 2 aromatic heterocycles. The van der Waals surface area contributed by atoms with E-state index < -0.39 is 29.6 Å². The quantitative estimate of drug-likeness (QED) is 0.536. The van der Waals surface area contributed by atoms with E-state index in [1.54, 1.807) is 12.1 Å². The van der Waals surface area contributed by atoms with E-state index in [1.807, 2.05) is 13.8 Å². The molecule has 2 heterocycles. The molecule has 0 amide bonds. The van der Waals surface area contributed by atoms with Crippen LogP contribution in [-0.4, -0.2) is 27.5 Å². The molecule has 0 aromatic carbocycles. The Balaban J connectivity index is 2.31. The molecule has 0 spiro atoms. The molecule has 140 valence electrons. The summed E-state index contributed by atoms with van der Waals surface area (Å²) in [5.41, 5.74) is 4.14. The molecular formula is C16H18BrN3O5S. The van der Waals surface area contributed by atoms with Crippen molar-refractivity contribution in [1.82, 2.24) is 9.13 Å². The lowest BCUT2D eigenvalue weighted by Crippen LogP contribution is -2.43. The summed E-state index contributed by atoms with van der Waals surface area (Å²) in [4.78, 5) is 49.2. The van der Waals surface area contributed by atoms with Crippen LogP contribution in [0.25, 0.3) is 0 Å². The fourth-order valence-corrected chi connectivity index (χ4v) is 3.57. The summed E-state index contributed by atoms with van der Waals surface area (Å²) in [6.07, 6.45) is 0. The van der Waals surface area contributed by atoms with Gasteiger partial charge < -0.3 is 10.5 Å². The second-order valence-electron chi connectivity index (χ2n) is 6.01. The number of anilines is 1. The summed E-state index contributed by atoms with van der Waals surface area (Å²) < 4.78 is 7.72. The van der Waals surface area contributed by atoms with Crippen LogP contribution in [0.4, 0.5) is 5.82 Å². The number of esters is 1. The zero-order valence-electron chi connectivity index (χ0n) is 14.4. The Morgan fingerprint density at radius 3 is 2.50 bits per heavy atom. The SMILES string of the molecule is CC(C)Cn1c(N)c(C(=O)COC(=O)c2ccc(Br)s2)c(=O)n(C)c1=O. The van der Waals surface area contributed by atoms with Gasteiger partial charge in [0.05, 0.1) is 3.79 Å². The number of hydrogen-bond donors (Lipinski definition) is 1. The molecule has 0 fully saturated rings. The molecule has 0 unspecified atom stereocenters. The second kappa shape index (κ2) is 8.00. The van der Waals surface area contributed by atoms with Crippen LogP contribution in [0.2, 0.25) is 0 Å². The molecule has 2 aromatic rings. The topological polar surface area (TPSA) is 113 Å². The van der Waals surface area contributed by atoms with Crippen LogP contribution in [0.5, 0.6) is 0 Å². The fourth-order valence-electron chi connectivity index (χ4n) is 2.29. The van der Waals surface area contributed by atoms with Gasteiger partial charge in [-0.15, -0.1) is 11.3 Å². The molecule has 0 bridgehead atoms. The van der Waals surface area contributed by atoms with E-state index in [0.29, 0.717) is 4.88 Å². The smallest absolute Gasteiger partial charge is 0.348 e. The van der Waals surface area contributed by atoms with Gasteiger partial charge in [-0.25, -0.2) is 9.59 Å². The predicted molar refractivity (Wildman–Crippen MR) is 102 cm³/mol. The average molecular weight is 444 g/mol. The van der Waals surface area contributed by atoms with E-state index in [1.165, 1.54) is 11.6 Å². The first-order valence-corrected chi connectivity index (χ1v) is 9.29. The first-order valence-electron chi connectivity index (χ1n) is 7.68. The number of hydrogen-bond acceptors (Lipinski definition) is 7. The standard InChI is InChI=1S/C16H18BrN3O5S/c1-8(2)6-20-13(18)12(14(22)19(3)16(20)24)9(21)7-25-15(23)10-4-5-11(17)26-10/h4-5,8H,6-7,18H2,1-3H3. The Bertz CT molecular complexity index is 973. The lowest BCUT2D eigenvalue weighted by molar-refractivity contribution is 0.0479. The summed E-state index contributed by atoms with van der Waals surface area (Å²) in [7, 11) is 1.27. The minimum absolute atomic E-state index is 0.0746. The third-order valence-corrected chi connectivity index (χ3v) is 5.12. The van der Waals surface area contributed by atoms with Crippen LogP contribution in [0.1, 0.15) is 33.9 Å². The van der Waals surface area contributed by atoms with E-state index in [9.17, 15) is 19.2 Å². The van der Waals surface area contributed by atoms with E-state index in [0.717, 1.165) is 19.7 Å². The lowest BCUT2D eigenvalue weighted by Gasteiger charge is -2.16. The van der Waals surface area contributed by atoms with Gasteiger partial charge in [-0.1, -0.05) is 13.8 Å². The molecule has 10 heteroatoms. The molecule has 0 atom stereocenters. The second-order valence-corrected chi connectivity index (χ2v) is 8.48. The summed E-state index contributed by atoms with van der Waals surface area (Å²) >= 11 is 4.39. The Labute approximate surface area is 161 Å². The van der Waals surface area contributed by atoms with Crippen LogP contribution in [0, 0.1) is 5.92 Å². The number of aromatic nitrogens is 2. The van der Waals surface area contributed by atoms with Crippen molar-refractivity contribution in [1.29, 1.82) is 0 Å². The highest BCUT2D eigenvalue weighted by molar-refractivity contribution is 9.11. The summed E-state index contributed by atoms with van der Waals surface area (Å²) in [6, 6.07) is 3.23. The molecule has 2 rings (SSSR count). The molecule has 0 radical (unpaired) electrons. The molecule has 0 saturated carbocycles. The molecule has 26 heavy (non-hydrogen) atoms. The van der Waals surface area contributed by atoms with Crippen molar-refractivity contribution in [2.24, 2.45) is 13.0 Å². The number of thiophene rings is 1. The van der Waals surface area contributed by atoms with Gasteiger partial charge in [-0.05, 0) is 34.0 Å². The number of nitrogen functional groups attached to an aromatic ring is 1. The summed E-state index contributed by atoms with van der Waals surface area (Å²) in [5, 5.41) is 0. The van der Waals surface area contributed by atoms with Crippen molar-refractivity contribution >= 4 is 44.8 Å². The molecular weight excluding hydrogens is 426 g/mol. The lowest BCUT2D eigenvalue weighted by atomic mass is 10.1.